The summed E-state index contributed by atoms with van der Waals surface area (Å²) in [4.78, 5) is 4.69. The van der Waals surface area contributed by atoms with Gasteiger partial charge in [-0.25, -0.2) is 0 Å². The van der Waals surface area contributed by atoms with Gasteiger partial charge in [0.25, 0.3) is 0 Å². The highest BCUT2D eigenvalue weighted by molar-refractivity contribution is 5.63. The van der Waals surface area contributed by atoms with Crippen molar-refractivity contribution >= 4 is 17.1 Å². The van der Waals surface area contributed by atoms with Crippen LogP contribution in [-0.4, -0.2) is 26.2 Å². The molecule has 0 amide bonds. The predicted molar refractivity (Wildman–Crippen MR) is 86.4 cm³/mol. The number of benzene rings is 2. The third kappa shape index (κ3) is 2.77. The average molecular weight is 278 g/mol. The van der Waals surface area contributed by atoms with E-state index >= 15 is 0 Å². The molecule has 4 nitrogen and oxygen atoms in total. The Kier molecular flexibility index (Phi) is 3.65. The molecule has 2 aromatic carbocycles. The van der Waals surface area contributed by atoms with Crippen molar-refractivity contribution < 1.29 is 0 Å². The van der Waals surface area contributed by atoms with Gasteiger partial charge in [0.2, 0.25) is 0 Å². The molecule has 2 aromatic rings. The van der Waals surface area contributed by atoms with E-state index in [1.807, 2.05) is 24.3 Å². The Labute approximate surface area is 125 Å². The molecule has 1 fully saturated rings. The minimum atomic E-state index is 0.546. The summed E-state index contributed by atoms with van der Waals surface area (Å²) in [5.74, 6) is 0. The van der Waals surface area contributed by atoms with Crippen molar-refractivity contribution in [2.45, 2.75) is 0 Å². The Morgan fingerprint density at radius 1 is 0.857 bits per heavy atom. The summed E-state index contributed by atoms with van der Waals surface area (Å²) in [5.41, 5.74) is 9.23. The van der Waals surface area contributed by atoms with Gasteiger partial charge < -0.3 is 15.5 Å². The molecule has 0 aliphatic carbocycles. The summed E-state index contributed by atoms with van der Waals surface area (Å²) in [7, 11) is 0. The van der Waals surface area contributed by atoms with E-state index in [1.54, 1.807) is 0 Å². The molecule has 2 N–H and O–H groups in total. The molecular weight excluding hydrogens is 260 g/mol. The SMILES string of the molecule is N#Cc1cc(N2CCN(c3ccccc3)CC2)ccc1N. The van der Waals surface area contributed by atoms with Crippen molar-refractivity contribution in [3.8, 4) is 6.07 Å². The molecule has 1 heterocycles. The Morgan fingerprint density at radius 3 is 2.10 bits per heavy atom. The molecule has 21 heavy (non-hydrogen) atoms. The first-order chi connectivity index (χ1) is 10.3. The Balaban J connectivity index is 1.70. The van der Waals surface area contributed by atoms with Gasteiger partial charge in [-0.2, -0.15) is 5.26 Å². The van der Waals surface area contributed by atoms with Crippen molar-refractivity contribution in [2.24, 2.45) is 0 Å². The van der Waals surface area contributed by atoms with Gasteiger partial charge in [-0.3, -0.25) is 0 Å². The molecule has 0 bridgehead atoms. The molecule has 0 unspecified atom stereocenters. The van der Waals surface area contributed by atoms with Crippen molar-refractivity contribution in [1.82, 2.24) is 0 Å². The van der Waals surface area contributed by atoms with Crippen LogP contribution in [0.4, 0.5) is 17.1 Å². The molecule has 106 valence electrons. The van der Waals surface area contributed by atoms with Crippen LogP contribution in [0, 0.1) is 11.3 Å². The van der Waals surface area contributed by atoms with Crippen LogP contribution in [0.15, 0.2) is 48.5 Å². The van der Waals surface area contributed by atoms with Crippen LogP contribution in [-0.2, 0) is 0 Å². The molecule has 0 spiro atoms. The van der Waals surface area contributed by atoms with E-state index in [0.717, 1.165) is 31.9 Å². The molecule has 1 aliphatic heterocycles. The van der Waals surface area contributed by atoms with Gasteiger partial charge >= 0.3 is 0 Å². The molecule has 4 heteroatoms. The Bertz CT molecular complexity index is 652. The van der Waals surface area contributed by atoms with Gasteiger partial charge in [-0.1, -0.05) is 18.2 Å². The van der Waals surface area contributed by atoms with Gasteiger partial charge in [0.05, 0.1) is 5.56 Å². The van der Waals surface area contributed by atoms with Gasteiger partial charge in [-0.05, 0) is 30.3 Å². The van der Waals surface area contributed by atoms with Crippen LogP contribution in [0.3, 0.4) is 0 Å². The molecule has 3 rings (SSSR count). The third-order valence-corrected chi connectivity index (χ3v) is 3.92. The Hall–Kier alpha value is -2.67. The molecule has 1 aliphatic rings. The quantitative estimate of drug-likeness (QED) is 0.857. The fourth-order valence-electron chi connectivity index (χ4n) is 2.70. The first kappa shape index (κ1) is 13.3. The zero-order chi connectivity index (χ0) is 14.7. The number of hydrogen-bond acceptors (Lipinski definition) is 4. The third-order valence-electron chi connectivity index (χ3n) is 3.92. The van der Waals surface area contributed by atoms with E-state index in [9.17, 15) is 0 Å². The second kappa shape index (κ2) is 5.76. The molecular formula is C17H18N4. The van der Waals surface area contributed by atoms with Crippen LogP contribution in [0.2, 0.25) is 0 Å². The van der Waals surface area contributed by atoms with E-state index in [-0.39, 0.29) is 0 Å². The summed E-state index contributed by atoms with van der Waals surface area (Å²) >= 11 is 0. The smallest absolute Gasteiger partial charge is 0.101 e. The first-order valence-corrected chi connectivity index (χ1v) is 7.12. The van der Waals surface area contributed by atoms with Gasteiger partial charge in [0.15, 0.2) is 0 Å². The van der Waals surface area contributed by atoms with Crippen LogP contribution < -0.4 is 15.5 Å². The minimum absolute atomic E-state index is 0.546. The lowest BCUT2D eigenvalue weighted by Crippen LogP contribution is -2.46. The van der Waals surface area contributed by atoms with Crippen LogP contribution in [0.5, 0.6) is 0 Å². The van der Waals surface area contributed by atoms with E-state index in [0.29, 0.717) is 11.3 Å². The van der Waals surface area contributed by atoms with Crippen LogP contribution in [0.1, 0.15) is 5.56 Å². The van der Waals surface area contributed by atoms with Crippen molar-refractivity contribution in [2.75, 3.05) is 41.7 Å². The molecule has 0 aromatic heterocycles. The molecule has 0 radical (unpaired) electrons. The van der Waals surface area contributed by atoms with E-state index in [1.165, 1.54) is 5.69 Å². The highest BCUT2D eigenvalue weighted by Crippen LogP contribution is 2.23. The number of piperazine rings is 1. The van der Waals surface area contributed by atoms with E-state index < -0.39 is 0 Å². The van der Waals surface area contributed by atoms with Crippen molar-refractivity contribution in [3.63, 3.8) is 0 Å². The molecule has 1 saturated heterocycles. The van der Waals surface area contributed by atoms with Crippen molar-refractivity contribution in [1.29, 1.82) is 5.26 Å². The fourth-order valence-corrected chi connectivity index (χ4v) is 2.70. The fraction of sp³-hybridized carbons (Fsp3) is 0.235. The summed E-state index contributed by atoms with van der Waals surface area (Å²) in [5, 5.41) is 9.08. The summed E-state index contributed by atoms with van der Waals surface area (Å²) in [6.07, 6.45) is 0. The standard InChI is InChI=1S/C17H18N4/c18-13-14-12-16(6-7-17(14)19)21-10-8-20(9-11-21)15-4-2-1-3-5-15/h1-7,12H,8-11,19H2. The maximum atomic E-state index is 9.08. The monoisotopic (exact) mass is 278 g/mol. The maximum absolute atomic E-state index is 9.08. The molecule has 0 saturated carbocycles. The number of nitrogen functional groups attached to an aromatic ring is 1. The van der Waals surface area contributed by atoms with E-state index in [2.05, 4.69) is 40.1 Å². The maximum Gasteiger partial charge on any atom is 0.101 e. The lowest BCUT2D eigenvalue weighted by molar-refractivity contribution is 0.653. The minimum Gasteiger partial charge on any atom is -0.398 e. The average Bonchev–Trinajstić information content (AvgIpc) is 2.56. The highest BCUT2D eigenvalue weighted by atomic mass is 15.3. The summed E-state index contributed by atoms with van der Waals surface area (Å²) < 4.78 is 0. The first-order valence-electron chi connectivity index (χ1n) is 7.12. The Morgan fingerprint density at radius 2 is 1.48 bits per heavy atom. The largest absolute Gasteiger partial charge is 0.398 e. The number of para-hydroxylation sites is 1. The molecule has 0 atom stereocenters. The van der Waals surface area contributed by atoms with Gasteiger partial charge in [-0.15, -0.1) is 0 Å². The lowest BCUT2D eigenvalue weighted by Gasteiger charge is -2.37. The summed E-state index contributed by atoms with van der Waals surface area (Å²) in [6, 6.07) is 18.3. The van der Waals surface area contributed by atoms with Crippen molar-refractivity contribution in [3.05, 3.63) is 54.1 Å². The van der Waals surface area contributed by atoms with E-state index in [4.69, 9.17) is 11.0 Å². The number of nitrogens with two attached hydrogens (primary N) is 1. The number of rotatable bonds is 2. The number of anilines is 3. The number of hydrogen-bond donors (Lipinski definition) is 1. The topological polar surface area (TPSA) is 56.3 Å². The van der Waals surface area contributed by atoms with Gasteiger partial charge in [0, 0.05) is 43.2 Å². The highest BCUT2D eigenvalue weighted by Gasteiger charge is 2.17. The zero-order valence-electron chi connectivity index (χ0n) is 11.9. The zero-order valence-corrected chi connectivity index (χ0v) is 11.9. The van der Waals surface area contributed by atoms with Crippen LogP contribution >= 0.6 is 0 Å². The second-order valence-corrected chi connectivity index (χ2v) is 5.19. The van der Waals surface area contributed by atoms with Crippen LogP contribution in [0.25, 0.3) is 0 Å². The van der Waals surface area contributed by atoms with Gasteiger partial charge in [0.1, 0.15) is 6.07 Å². The lowest BCUT2D eigenvalue weighted by atomic mass is 10.1. The number of nitriles is 1. The predicted octanol–water partition coefficient (Wildman–Crippen LogP) is 2.47. The summed E-state index contributed by atoms with van der Waals surface area (Å²) in [6.45, 7) is 3.86. The normalized spacial score (nSPS) is 14.8. The number of nitrogens with zero attached hydrogens (tertiary/aromatic N) is 3. The second-order valence-electron chi connectivity index (χ2n) is 5.19.